The fraction of sp³-hybridized carbons (Fsp3) is 0.190. The number of hydrazine groups is 1. The van der Waals surface area contributed by atoms with Crippen molar-refractivity contribution in [2.75, 3.05) is 36.4 Å². The topological polar surface area (TPSA) is 92.3 Å². The van der Waals surface area contributed by atoms with Gasteiger partial charge in [0, 0.05) is 36.9 Å². The number of aromatic nitrogens is 3. The molecule has 0 atom stereocenters. The predicted octanol–water partition coefficient (Wildman–Crippen LogP) is 2.73. The maximum Gasteiger partial charge on any atom is 0.275 e. The molecule has 0 unspecified atom stereocenters. The number of hydrogen-bond acceptors (Lipinski definition) is 7. The second kappa shape index (κ2) is 7.86. The minimum Gasteiger partial charge on any atom is -0.367 e. The van der Waals surface area contributed by atoms with Crippen molar-refractivity contribution < 1.29 is 4.79 Å². The first-order valence-electron chi connectivity index (χ1n) is 9.73. The molecule has 0 spiro atoms. The SMILES string of the molecule is NN1CCN(c2ccccc2NC(=O)c2csc(-n3ncc4ccccc43)n2)CC1. The number of carbonyl (C=O) groups is 1. The van der Waals surface area contributed by atoms with Crippen LogP contribution in [0.3, 0.4) is 0 Å². The molecule has 3 heterocycles. The van der Waals surface area contributed by atoms with E-state index in [-0.39, 0.29) is 5.91 Å². The molecule has 5 rings (SSSR count). The maximum absolute atomic E-state index is 12.9. The summed E-state index contributed by atoms with van der Waals surface area (Å²) in [5, 5.41) is 12.7. The molecule has 0 radical (unpaired) electrons. The van der Waals surface area contributed by atoms with E-state index in [2.05, 4.69) is 20.3 Å². The van der Waals surface area contributed by atoms with Crippen LogP contribution in [-0.2, 0) is 0 Å². The lowest BCUT2D eigenvalue weighted by Gasteiger charge is -2.34. The van der Waals surface area contributed by atoms with E-state index in [1.807, 2.05) is 53.5 Å². The number of nitrogens with one attached hydrogen (secondary N) is 1. The van der Waals surface area contributed by atoms with Gasteiger partial charge in [0.25, 0.3) is 5.91 Å². The highest BCUT2D eigenvalue weighted by Gasteiger charge is 2.19. The van der Waals surface area contributed by atoms with Gasteiger partial charge < -0.3 is 10.2 Å². The summed E-state index contributed by atoms with van der Waals surface area (Å²) in [7, 11) is 0. The van der Waals surface area contributed by atoms with E-state index in [1.54, 1.807) is 16.3 Å². The third-order valence-electron chi connectivity index (χ3n) is 5.19. The van der Waals surface area contributed by atoms with Crippen LogP contribution in [0.2, 0.25) is 0 Å². The van der Waals surface area contributed by atoms with Crippen LogP contribution in [0.1, 0.15) is 10.5 Å². The minimum atomic E-state index is -0.237. The number of anilines is 2. The first-order chi connectivity index (χ1) is 14.7. The number of rotatable bonds is 4. The van der Waals surface area contributed by atoms with Crippen LogP contribution in [0.15, 0.2) is 60.1 Å². The zero-order valence-corrected chi connectivity index (χ0v) is 17.0. The molecule has 1 aliphatic heterocycles. The number of piperazine rings is 1. The summed E-state index contributed by atoms with van der Waals surface area (Å²) in [5.41, 5.74) is 3.10. The summed E-state index contributed by atoms with van der Waals surface area (Å²) in [6.45, 7) is 3.21. The first kappa shape index (κ1) is 18.7. The molecule has 1 fully saturated rings. The van der Waals surface area contributed by atoms with E-state index in [1.165, 1.54) is 11.3 Å². The van der Waals surface area contributed by atoms with Gasteiger partial charge in [-0.3, -0.25) is 10.6 Å². The van der Waals surface area contributed by atoms with Crippen molar-refractivity contribution in [3.8, 4) is 5.13 Å². The highest BCUT2D eigenvalue weighted by molar-refractivity contribution is 7.12. The molecule has 0 saturated carbocycles. The van der Waals surface area contributed by atoms with Crippen molar-refractivity contribution in [3.05, 3.63) is 65.8 Å². The lowest BCUT2D eigenvalue weighted by molar-refractivity contribution is 0.102. The average Bonchev–Trinajstić information content (AvgIpc) is 3.42. The number of fused-ring (bicyclic) bond motifs is 1. The van der Waals surface area contributed by atoms with Crippen LogP contribution in [0, 0.1) is 0 Å². The highest BCUT2D eigenvalue weighted by Crippen LogP contribution is 2.27. The van der Waals surface area contributed by atoms with E-state index in [0.29, 0.717) is 10.8 Å². The van der Waals surface area contributed by atoms with E-state index in [4.69, 9.17) is 5.84 Å². The summed E-state index contributed by atoms with van der Waals surface area (Å²) in [4.78, 5) is 19.7. The Morgan fingerprint density at radius 3 is 2.67 bits per heavy atom. The van der Waals surface area contributed by atoms with Crippen molar-refractivity contribution in [3.63, 3.8) is 0 Å². The third-order valence-corrected chi connectivity index (χ3v) is 6.01. The Morgan fingerprint density at radius 2 is 1.80 bits per heavy atom. The Bertz CT molecular complexity index is 1190. The van der Waals surface area contributed by atoms with Gasteiger partial charge in [-0.15, -0.1) is 11.3 Å². The van der Waals surface area contributed by atoms with Gasteiger partial charge in [-0.25, -0.2) is 14.7 Å². The standard InChI is InChI=1S/C21H21N7OS/c22-27-11-9-26(10-12-27)19-8-4-2-6-16(19)24-20(29)17-14-30-21(25-17)28-18-7-3-1-5-15(18)13-23-28/h1-8,13-14H,9-12,22H2,(H,24,29). The highest BCUT2D eigenvalue weighted by atomic mass is 32.1. The quantitative estimate of drug-likeness (QED) is 0.494. The molecule has 1 aliphatic rings. The lowest BCUT2D eigenvalue weighted by atomic mass is 10.2. The summed E-state index contributed by atoms with van der Waals surface area (Å²) < 4.78 is 1.76. The smallest absolute Gasteiger partial charge is 0.275 e. The molecule has 1 amide bonds. The van der Waals surface area contributed by atoms with Crippen LogP contribution in [0.5, 0.6) is 0 Å². The molecule has 2 aromatic carbocycles. The fourth-order valence-corrected chi connectivity index (χ4v) is 4.37. The third kappa shape index (κ3) is 3.54. The Labute approximate surface area is 177 Å². The lowest BCUT2D eigenvalue weighted by Crippen LogP contribution is -2.49. The Kier molecular flexibility index (Phi) is 4.91. The summed E-state index contributed by atoms with van der Waals surface area (Å²) in [6.07, 6.45) is 1.80. The molecule has 3 N–H and O–H groups in total. The predicted molar refractivity (Wildman–Crippen MR) is 119 cm³/mol. The largest absolute Gasteiger partial charge is 0.367 e. The van der Waals surface area contributed by atoms with Gasteiger partial charge in [-0.1, -0.05) is 30.3 Å². The van der Waals surface area contributed by atoms with Crippen LogP contribution < -0.4 is 16.1 Å². The molecular formula is C21H21N7OS. The molecule has 2 aromatic heterocycles. The molecule has 0 aliphatic carbocycles. The van der Waals surface area contributed by atoms with Gasteiger partial charge in [-0.2, -0.15) is 5.10 Å². The number of nitrogens with zero attached hydrogens (tertiary/aromatic N) is 5. The van der Waals surface area contributed by atoms with Crippen molar-refractivity contribution >= 4 is 39.5 Å². The summed E-state index contributed by atoms with van der Waals surface area (Å²) in [5.74, 6) is 5.63. The summed E-state index contributed by atoms with van der Waals surface area (Å²) >= 11 is 1.39. The number of amides is 1. The normalized spacial score (nSPS) is 14.9. The van der Waals surface area contributed by atoms with Crippen LogP contribution in [0.4, 0.5) is 11.4 Å². The second-order valence-electron chi connectivity index (χ2n) is 7.12. The van der Waals surface area contributed by atoms with Gasteiger partial charge >= 0.3 is 0 Å². The average molecular weight is 420 g/mol. The van der Waals surface area contributed by atoms with E-state index >= 15 is 0 Å². The zero-order valence-electron chi connectivity index (χ0n) is 16.2. The molecular weight excluding hydrogens is 398 g/mol. The number of benzene rings is 2. The van der Waals surface area contributed by atoms with Crippen molar-refractivity contribution in [1.82, 2.24) is 19.8 Å². The Morgan fingerprint density at radius 1 is 1.03 bits per heavy atom. The van der Waals surface area contributed by atoms with Crippen molar-refractivity contribution in [1.29, 1.82) is 0 Å². The van der Waals surface area contributed by atoms with Gasteiger partial charge in [-0.05, 0) is 18.2 Å². The van der Waals surface area contributed by atoms with E-state index < -0.39 is 0 Å². The molecule has 152 valence electrons. The molecule has 9 heteroatoms. The number of thiazole rings is 1. The van der Waals surface area contributed by atoms with Gasteiger partial charge in [0.15, 0.2) is 0 Å². The van der Waals surface area contributed by atoms with Gasteiger partial charge in [0.2, 0.25) is 5.13 Å². The molecule has 8 nitrogen and oxygen atoms in total. The number of hydrogen-bond donors (Lipinski definition) is 2. The zero-order chi connectivity index (χ0) is 20.5. The van der Waals surface area contributed by atoms with E-state index in [0.717, 1.165) is 48.5 Å². The fourth-order valence-electron chi connectivity index (χ4n) is 3.59. The van der Waals surface area contributed by atoms with Crippen molar-refractivity contribution in [2.24, 2.45) is 5.84 Å². The number of carbonyl (C=O) groups excluding carboxylic acids is 1. The molecule has 0 bridgehead atoms. The number of para-hydroxylation sites is 3. The van der Waals surface area contributed by atoms with E-state index in [9.17, 15) is 4.79 Å². The van der Waals surface area contributed by atoms with Crippen LogP contribution in [0.25, 0.3) is 16.0 Å². The second-order valence-corrected chi connectivity index (χ2v) is 7.96. The Balaban J connectivity index is 1.37. The molecule has 30 heavy (non-hydrogen) atoms. The minimum absolute atomic E-state index is 0.237. The first-order valence-corrected chi connectivity index (χ1v) is 10.6. The van der Waals surface area contributed by atoms with Gasteiger partial charge in [0.05, 0.1) is 23.1 Å². The van der Waals surface area contributed by atoms with Crippen LogP contribution in [-0.4, -0.2) is 51.9 Å². The summed E-state index contributed by atoms with van der Waals surface area (Å²) in [6, 6.07) is 15.7. The molecule has 1 saturated heterocycles. The van der Waals surface area contributed by atoms with Gasteiger partial charge in [0.1, 0.15) is 5.69 Å². The van der Waals surface area contributed by atoms with Crippen molar-refractivity contribution in [2.45, 2.75) is 0 Å². The Hall–Kier alpha value is -3.27. The number of nitrogens with two attached hydrogens (primary N) is 1. The van der Waals surface area contributed by atoms with Crippen LogP contribution >= 0.6 is 11.3 Å². The monoisotopic (exact) mass is 419 g/mol. The molecule has 4 aromatic rings. The maximum atomic E-state index is 12.9.